The SMILES string of the molecule is Cn1c(=O)[nH]c(=O)c2c1nc(N1CCN(Cc3ccc(C(C)(C)C)cc3)CC1)n2Cc1ccccc1F.O=C=O. The normalized spacial score (nSPS) is 14.1. The first-order valence-corrected chi connectivity index (χ1v) is 13.0. The van der Waals surface area contributed by atoms with Crippen molar-refractivity contribution in [3.8, 4) is 0 Å². The van der Waals surface area contributed by atoms with Crippen molar-refractivity contribution in [2.75, 3.05) is 31.1 Å². The Kier molecular flexibility index (Phi) is 8.46. The number of nitrogens with one attached hydrogen (secondary N) is 1. The van der Waals surface area contributed by atoms with E-state index in [0.717, 1.165) is 19.6 Å². The predicted octanol–water partition coefficient (Wildman–Crippen LogP) is 2.65. The molecule has 1 fully saturated rings. The van der Waals surface area contributed by atoms with Crippen LogP contribution in [0.4, 0.5) is 10.3 Å². The molecule has 1 aliphatic heterocycles. The van der Waals surface area contributed by atoms with E-state index in [4.69, 9.17) is 14.6 Å². The first kappa shape index (κ1) is 28.7. The van der Waals surface area contributed by atoms with Gasteiger partial charge in [-0.1, -0.05) is 63.2 Å². The van der Waals surface area contributed by atoms with Crippen LogP contribution in [-0.4, -0.2) is 56.3 Å². The van der Waals surface area contributed by atoms with Crippen molar-refractivity contribution in [2.24, 2.45) is 7.05 Å². The highest BCUT2D eigenvalue weighted by Gasteiger charge is 2.25. The number of aromatic nitrogens is 4. The predicted molar refractivity (Wildman–Crippen MR) is 149 cm³/mol. The number of fused-ring (bicyclic) bond motifs is 1. The van der Waals surface area contributed by atoms with Gasteiger partial charge in [0, 0.05) is 45.3 Å². The smallest absolute Gasteiger partial charge is 0.340 e. The Balaban J connectivity index is 0.00000118. The van der Waals surface area contributed by atoms with Gasteiger partial charge in [-0.3, -0.25) is 23.8 Å². The van der Waals surface area contributed by atoms with E-state index < -0.39 is 11.2 Å². The van der Waals surface area contributed by atoms with Crippen LogP contribution in [0.5, 0.6) is 0 Å². The molecule has 0 saturated carbocycles. The van der Waals surface area contributed by atoms with Crippen LogP contribution in [0.1, 0.15) is 37.5 Å². The minimum atomic E-state index is -0.526. The summed E-state index contributed by atoms with van der Waals surface area (Å²) in [6.45, 7) is 10.7. The molecular weight excluding hydrogens is 515 g/mol. The summed E-state index contributed by atoms with van der Waals surface area (Å²) in [6.07, 6.45) is 0.250. The van der Waals surface area contributed by atoms with E-state index in [-0.39, 0.29) is 29.4 Å². The number of hydrogen-bond acceptors (Lipinski definition) is 7. The maximum absolute atomic E-state index is 14.6. The van der Waals surface area contributed by atoms with Crippen molar-refractivity contribution in [3.05, 3.63) is 91.9 Å². The molecule has 0 unspecified atom stereocenters. The molecule has 11 heteroatoms. The van der Waals surface area contributed by atoms with Crippen LogP contribution in [0.25, 0.3) is 11.2 Å². The number of nitrogens with zero attached hydrogens (tertiary/aromatic N) is 5. The number of anilines is 1. The van der Waals surface area contributed by atoms with E-state index in [9.17, 15) is 14.0 Å². The van der Waals surface area contributed by atoms with Crippen molar-refractivity contribution < 1.29 is 14.0 Å². The van der Waals surface area contributed by atoms with Crippen LogP contribution < -0.4 is 16.1 Å². The summed E-state index contributed by atoms with van der Waals surface area (Å²) in [7, 11) is 1.58. The molecule has 0 spiro atoms. The Morgan fingerprint density at radius 2 is 1.57 bits per heavy atom. The van der Waals surface area contributed by atoms with Crippen LogP contribution in [0.15, 0.2) is 58.1 Å². The third kappa shape index (κ3) is 6.11. The first-order valence-electron chi connectivity index (χ1n) is 13.0. The molecule has 2 aromatic heterocycles. The van der Waals surface area contributed by atoms with Gasteiger partial charge < -0.3 is 4.90 Å². The van der Waals surface area contributed by atoms with Crippen LogP contribution in [-0.2, 0) is 35.1 Å². The van der Waals surface area contributed by atoms with Gasteiger partial charge in [-0.25, -0.2) is 9.18 Å². The molecule has 210 valence electrons. The molecule has 0 atom stereocenters. The fourth-order valence-corrected chi connectivity index (χ4v) is 4.89. The molecule has 4 aromatic rings. The molecule has 2 aromatic carbocycles. The molecule has 1 saturated heterocycles. The zero-order chi connectivity index (χ0) is 29.0. The second kappa shape index (κ2) is 11.8. The topological polar surface area (TPSA) is 113 Å². The number of imidazole rings is 1. The zero-order valence-corrected chi connectivity index (χ0v) is 23.1. The molecule has 3 heterocycles. The number of hydrogen-bond donors (Lipinski definition) is 1. The number of halogens is 1. The van der Waals surface area contributed by atoms with Gasteiger partial charge in [-0.2, -0.15) is 14.6 Å². The van der Waals surface area contributed by atoms with E-state index in [2.05, 4.69) is 59.8 Å². The van der Waals surface area contributed by atoms with Gasteiger partial charge in [0.15, 0.2) is 11.2 Å². The van der Waals surface area contributed by atoms with Gasteiger partial charge in [-0.15, -0.1) is 0 Å². The molecule has 40 heavy (non-hydrogen) atoms. The highest BCUT2D eigenvalue weighted by molar-refractivity contribution is 5.74. The largest absolute Gasteiger partial charge is 0.373 e. The Hall–Kier alpha value is -4.34. The first-order chi connectivity index (χ1) is 19.0. The lowest BCUT2D eigenvalue weighted by molar-refractivity contribution is -0.191. The van der Waals surface area contributed by atoms with E-state index in [1.54, 1.807) is 29.8 Å². The van der Waals surface area contributed by atoms with Crippen LogP contribution >= 0.6 is 0 Å². The second-order valence-corrected chi connectivity index (χ2v) is 10.9. The quantitative estimate of drug-likeness (QED) is 0.408. The van der Waals surface area contributed by atoms with E-state index >= 15 is 0 Å². The van der Waals surface area contributed by atoms with Gasteiger partial charge in [0.05, 0.1) is 6.54 Å². The zero-order valence-electron chi connectivity index (χ0n) is 23.1. The van der Waals surface area contributed by atoms with Crippen LogP contribution in [0.2, 0.25) is 0 Å². The number of rotatable bonds is 5. The number of aromatic amines is 1. The lowest BCUT2D eigenvalue weighted by Crippen LogP contribution is -2.47. The fraction of sp³-hybridized carbons (Fsp3) is 0.379. The number of aryl methyl sites for hydroxylation is 1. The third-order valence-electron chi connectivity index (χ3n) is 7.15. The Bertz CT molecular complexity index is 1630. The Labute approximate surface area is 230 Å². The molecule has 0 radical (unpaired) electrons. The Morgan fingerprint density at radius 3 is 2.17 bits per heavy atom. The Morgan fingerprint density at radius 1 is 0.950 bits per heavy atom. The fourth-order valence-electron chi connectivity index (χ4n) is 4.89. The van der Waals surface area contributed by atoms with Gasteiger partial charge in [0.2, 0.25) is 5.95 Å². The molecular formula is C29H33FN6O4. The standard InChI is InChI=1S/C28H33FN6O2.CO2/c1-28(2,3)21-11-9-19(10-12-21)17-33-13-15-34(16-14-33)26-30-24-23(25(36)31-27(37)32(24)4)35(26)18-20-7-5-6-8-22(20)29;2-1-3/h5-12H,13-18H2,1-4H3,(H,31,36,37);. The molecule has 10 nitrogen and oxygen atoms in total. The number of carbonyl (C=O) groups excluding carboxylic acids is 2. The molecule has 0 bridgehead atoms. The highest BCUT2D eigenvalue weighted by Crippen LogP contribution is 2.25. The molecule has 5 rings (SSSR count). The summed E-state index contributed by atoms with van der Waals surface area (Å²) >= 11 is 0. The second-order valence-electron chi connectivity index (χ2n) is 10.9. The summed E-state index contributed by atoms with van der Waals surface area (Å²) in [5.41, 5.74) is 2.68. The summed E-state index contributed by atoms with van der Waals surface area (Å²) in [5, 5.41) is 0. The summed E-state index contributed by atoms with van der Waals surface area (Å²) in [4.78, 5) is 52.9. The van der Waals surface area contributed by atoms with Crippen molar-refractivity contribution >= 4 is 23.3 Å². The van der Waals surface area contributed by atoms with Crippen molar-refractivity contribution in [2.45, 2.75) is 39.3 Å². The van der Waals surface area contributed by atoms with E-state index in [1.165, 1.54) is 21.8 Å². The lowest BCUT2D eigenvalue weighted by Gasteiger charge is -2.35. The van der Waals surface area contributed by atoms with Crippen molar-refractivity contribution in [3.63, 3.8) is 0 Å². The molecule has 1 N–H and O–H groups in total. The van der Waals surface area contributed by atoms with Crippen LogP contribution in [0.3, 0.4) is 0 Å². The monoisotopic (exact) mass is 548 g/mol. The van der Waals surface area contributed by atoms with E-state index in [1.807, 2.05) is 0 Å². The van der Waals surface area contributed by atoms with Crippen molar-refractivity contribution in [1.82, 2.24) is 24.0 Å². The maximum Gasteiger partial charge on any atom is 0.373 e. The van der Waals surface area contributed by atoms with Gasteiger partial charge in [-0.05, 0) is 22.6 Å². The summed E-state index contributed by atoms with van der Waals surface area (Å²) < 4.78 is 17.6. The van der Waals surface area contributed by atoms with Crippen LogP contribution in [0, 0.1) is 5.82 Å². The van der Waals surface area contributed by atoms with Gasteiger partial charge in [0.1, 0.15) is 5.82 Å². The summed E-state index contributed by atoms with van der Waals surface area (Å²) in [6, 6.07) is 15.3. The third-order valence-corrected chi connectivity index (χ3v) is 7.15. The number of piperazine rings is 1. The minimum Gasteiger partial charge on any atom is -0.340 e. The lowest BCUT2D eigenvalue weighted by atomic mass is 9.87. The average molecular weight is 549 g/mol. The maximum atomic E-state index is 14.6. The number of H-pyrrole nitrogens is 1. The van der Waals surface area contributed by atoms with Crippen molar-refractivity contribution in [1.29, 1.82) is 0 Å². The molecule has 0 amide bonds. The molecule has 0 aliphatic carbocycles. The minimum absolute atomic E-state index is 0.128. The summed E-state index contributed by atoms with van der Waals surface area (Å²) in [5.74, 6) is 0.220. The van der Waals surface area contributed by atoms with Gasteiger partial charge in [0.25, 0.3) is 5.56 Å². The van der Waals surface area contributed by atoms with Gasteiger partial charge >= 0.3 is 11.8 Å². The molecule has 1 aliphatic rings. The average Bonchev–Trinajstić information content (AvgIpc) is 3.29. The highest BCUT2D eigenvalue weighted by atomic mass is 19.1. The van der Waals surface area contributed by atoms with E-state index in [0.29, 0.717) is 30.2 Å². The number of benzene rings is 2.